The molecule has 0 aliphatic heterocycles. The molecule has 0 aliphatic carbocycles. The fourth-order valence-electron chi connectivity index (χ4n) is 1.64. The fourth-order valence-corrected chi connectivity index (χ4v) is 1.82. The van der Waals surface area contributed by atoms with Gasteiger partial charge in [0.25, 0.3) is 12.3 Å². The third-order valence-corrected chi connectivity index (χ3v) is 2.70. The van der Waals surface area contributed by atoms with Gasteiger partial charge in [0, 0.05) is 23.1 Å². The van der Waals surface area contributed by atoms with Crippen LogP contribution in [-0.4, -0.2) is 28.8 Å². The predicted molar refractivity (Wildman–Crippen MR) is 71.2 cm³/mol. The summed E-state index contributed by atoms with van der Waals surface area (Å²) in [5.41, 5.74) is 0.279. The minimum Gasteiger partial charge on any atom is -0.301 e. The first-order valence-electron chi connectivity index (χ1n) is 5.69. The van der Waals surface area contributed by atoms with Crippen molar-refractivity contribution in [1.82, 2.24) is 9.97 Å². The minimum atomic E-state index is -2.67. The largest absolute Gasteiger partial charge is 0.301 e. The second-order valence-electron chi connectivity index (χ2n) is 3.88. The highest BCUT2D eigenvalue weighted by molar-refractivity contribution is 6.31. The molecule has 1 aromatic carbocycles. The van der Waals surface area contributed by atoms with E-state index >= 15 is 0 Å². The molecule has 2 aromatic rings. The lowest BCUT2D eigenvalue weighted by atomic mass is 10.2. The van der Waals surface area contributed by atoms with Crippen LogP contribution in [0, 0.1) is 0 Å². The van der Waals surface area contributed by atoms with E-state index in [9.17, 15) is 13.6 Å². The Kier molecular flexibility index (Phi) is 4.57. The van der Waals surface area contributed by atoms with Crippen LogP contribution in [0.25, 0.3) is 0 Å². The van der Waals surface area contributed by atoms with Gasteiger partial charge in [0.05, 0.1) is 12.7 Å². The fraction of sp³-hybridized carbons (Fsp3) is 0.154. The number of carbonyl (C=O) groups excluding carboxylic acids is 1. The number of aromatic nitrogens is 2. The number of hydrogen-bond donors (Lipinski definition) is 0. The Morgan fingerprint density at radius 2 is 2.15 bits per heavy atom. The van der Waals surface area contributed by atoms with Crippen molar-refractivity contribution < 1.29 is 13.6 Å². The summed E-state index contributed by atoms with van der Waals surface area (Å²) in [5.74, 6) is -0.652. The zero-order valence-electron chi connectivity index (χ0n) is 10.2. The highest BCUT2D eigenvalue weighted by atomic mass is 35.5. The van der Waals surface area contributed by atoms with Gasteiger partial charge in [-0.05, 0) is 18.2 Å². The molecular weight excluding hydrogens is 288 g/mol. The van der Waals surface area contributed by atoms with Gasteiger partial charge in [-0.3, -0.25) is 9.78 Å². The Morgan fingerprint density at radius 3 is 2.75 bits per heavy atom. The highest BCUT2D eigenvalue weighted by Crippen LogP contribution is 2.21. The summed E-state index contributed by atoms with van der Waals surface area (Å²) in [6.45, 7) is -0.740. The number of nitrogens with zero attached hydrogens (tertiary/aromatic N) is 3. The van der Waals surface area contributed by atoms with E-state index in [4.69, 9.17) is 11.6 Å². The second-order valence-corrected chi connectivity index (χ2v) is 4.31. The molecule has 2 rings (SSSR count). The van der Waals surface area contributed by atoms with Crippen LogP contribution in [0.1, 0.15) is 10.5 Å². The zero-order valence-corrected chi connectivity index (χ0v) is 11.0. The summed E-state index contributed by atoms with van der Waals surface area (Å²) in [6.07, 6.45) is 1.28. The number of carbonyl (C=O) groups is 1. The lowest BCUT2D eigenvalue weighted by molar-refractivity contribution is 0.0940. The molecule has 104 valence electrons. The molecule has 0 bridgehead atoms. The van der Waals surface area contributed by atoms with E-state index in [0.717, 1.165) is 4.90 Å². The summed E-state index contributed by atoms with van der Waals surface area (Å²) in [6, 6.07) is 6.15. The van der Waals surface area contributed by atoms with Gasteiger partial charge in [-0.2, -0.15) is 0 Å². The SMILES string of the molecule is O=C(c1cnccn1)N(CC(F)F)c1cccc(Cl)c1. The van der Waals surface area contributed by atoms with Crippen molar-refractivity contribution in [1.29, 1.82) is 0 Å². The predicted octanol–water partition coefficient (Wildman–Crippen LogP) is 3.04. The first kappa shape index (κ1) is 14.3. The summed E-state index contributed by atoms with van der Waals surface area (Å²) < 4.78 is 25.4. The summed E-state index contributed by atoms with van der Waals surface area (Å²) in [7, 11) is 0. The number of amides is 1. The maximum Gasteiger partial charge on any atom is 0.278 e. The second kappa shape index (κ2) is 6.38. The Balaban J connectivity index is 2.35. The van der Waals surface area contributed by atoms with Gasteiger partial charge in [0.2, 0.25) is 0 Å². The molecule has 0 radical (unpaired) electrons. The molecule has 1 heterocycles. The first-order chi connectivity index (χ1) is 9.58. The van der Waals surface area contributed by atoms with E-state index in [1.165, 1.54) is 30.7 Å². The van der Waals surface area contributed by atoms with Crippen molar-refractivity contribution in [3.8, 4) is 0 Å². The quantitative estimate of drug-likeness (QED) is 0.871. The van der Waals surface area contributed by atoms with Crippen molar-refractivity contribution in [3.05, 3.63) is 53.6 Å². The number of hydrogen-bond acceptors (Lipinski definition) is 3. The smallest absolute Gasteiger partial charge is 0.278 e. The third kappa shape index (κ3) is 3.48. The molecule has 0 aliphatic rings. The van der Waals surface area contributed by atoms with Gasteiger partial charge >= 0.3 is 0 Å². The van der Waals surface area contributed by atoms with Crippen molar-refractivity contribution in [2.75, 3.05) is 11.4 Å². The lowest BCUT2D eigenvalue weighted by Gasteiger charge is -2.22. The Labute approximate surface area is 119 Å². The standard InChI is InChI=1S/C13H10ClF2N3O/c14-9-2-1-3-10(6-9)19(8-12(15)16)13(20)11-7-17-4-5-18-11/h1-7,12H,8H2. The van der Waals surface area contributed by atoms with Gasteiger partial charge in [-0.15, -0.1) is 0 Å². The molecule has 0 saturated heterocycles. The summed E-state index contributed by atoms with van der Waals surface area (Å²) in [4.78, 5) is 20.7. The highest BCUT2D eigenvalue weighted by Gasteiger charge is 2.22. The van der Waals surface area contributed by atoms with Crippen LogP contribution in [0.15, 0.2) is 42.9 Å². The lowest BCUT2D eigenvalue weighted by Crippen LogP contribution is -2.35. The molecule has 1 aromatic heterocycles. The van der Waals surface area contributed by atoms with E-state index in [-0.39, 0.29) is 11.4 Å². The van der Waals surface area contributed by atoms with Crippen LogP contribution in [0.3, 0.4) is 0 Å². The average Bonchev–Trinajstić information content (AvgIpc) is 2.45. The Hall–Kier alpha value is -2.08. The maximum absolute atomic E-state index is 12.7. The van der Waals surface area contributed by atoms with Crippen LogP contribution in [0.2, 0.25) is 5.02 Å². The molecule has 0 fully saturated rings. The average molecular weight is 298 g/mol. The van der Waals surface area contributed by atoms with Crippen molar-refractivity contribution in [2.24, 2.45) is 0 Å². The number of alkyl halides is 2. The molecule has 1 amide bonds. The van der Waals surface area contributed by atoms with Crippen molar-refractivity contribution in [3.63, 3.8) is 0 Å². The van der Waals surface area contributed by atoms with E-state index < -0.39 is 18.9 Å². The first-order valence-corrected chi connectivity index (χ1v) is 6.07. The summed E-state index contributed by atoms with van der Waals surface area (Å²) in [5, 5.41) is 0.355. The van der Waals surface area contributed by atoms with Crippen molar-refractivity contribution in [2.45, 2.75) is 6.43 Å². The van der Waals surface area contributed by atoms with Crippen molar-refractivity contribution >= 4 is 23.2 Å². The number of rotatable bonds is 4. The molecule has 20 heavy (non-hydrogen) atoms. The van der Waals surface area contributed by atoms with Gasteiger partial charge in [0.15, 0.2) is 0 Å². The van der Waals surface area contributed by atoms with Gasteiger partial charge in [-0.1, -0.05) is 17.7 Å². The van der Waals surface area contributed by atoms with E-state index in [2.05, 4.69) is 9.97 Å². The van der Waals surface area contributed by atoms with Crippen LogP contribution in [-0.2, 0) is 0 Å². The third-order valence-electron chi connectivity index (χ3n) is 2.47. The van der Waals surface area contributed by atoms with Gasteiger partial charge < -0.3 is 4.90 Å². The molecule has 0 saturated carbocycles. The molecule has 0 spiro atoms. The minimum absolute atomic E-state index is 0.00637. The van der Waals surface area contributed by atoms with Crippen LogP contribution in [0.5, 0.6) is 0 Å². The normalized spacial score (nSPS) is 10.6. The maximum atomic E-state index is 12.7. The van der Waals surface area contributed by atoms with Crippen LogP contribution < -0.4 is 4.90 Å². The number of benzene rings is 1. The van der Waals surface area contributed by atoms with Gasteiger partial charge in [0.1, 0.15) is 5.69 Å². The number of anilines is 1. The Bertz CT molecular complexity index is 595. The molecule has 0 unspecified atom stereocenters. The Morgan fingerprint density at radius 1 is 1.35 bits per heavy atom. The topological polar surface area (TPSA) is 46.1 Å². The molecular formula is C13H10ClF2N3O. The monoisotopic (exact) mass is 297 g/mol. The van der Waals surface area contributed by atoms with Crippen LogP contribution >= 0.6 is 11.6 Å². The zero-order chi connectivity index (χ0) is 14.5. The van der Waals surface area contributed by atoms with Gasteiger partial charge in [-0.25, -0.2) is 13.8 Å². The van der Waals surface area contributed by atoms with E-state index in [0.29, 0.717) is 5.02 Å². The van der Waals surface area contributed by atoms with E-state index in [1.54, 1.807) is 12.1 Å². The van der Waals surface area contributed by atoms with E-state index in [1.807, 2.05) is 0 Å². The molecule has 7 heteroatoms. The summed E-state index contributed by atoms with van der Waals surface area (Å²) >= 11 is 5.82. The van der Waals surface area contributed by atoms with Crippen LogP contribution in [0.4, 0.5) is 14.5 Å². The molecule has 0 atom stereocenters. The number of halogens is 3. The molecule has 4 nitrogen and oxygen atoms in total. The molecule has 0 N–H and O–H groups in total.